The number of rotatable bonds is 6. The van der Waals surface area contributed by atoms with E-state index in [4.69, 9.17) is 4.98 Å². The highest BCUT2D eigenvalue weighted by Gasteiger charge is 2.23. The van der Waals surface area contributed by atoms with Gasteiger partial charge in [-0.2, -0.15) is 5.10 Å². The molecule has 0 radical (unpaired) electrons. The zero-order valence-electron chi connectivity index (χ0n) is 19.6. The monoisotopic (exact) mass is 503 g/mol. The van der Waals surface area contributed by atoms with Gasteiger partial charge in [-0.15, -0.1) is 11.3 Å². The Kier molecular flexibility index (Phi) is 6.79. The van der Waals surface area contributed by atoms with Crippen LogP contribution in [0.1, 0.15) is 41.3 Å². The SMILES string of the molecule is C/C(=N\NC(=O)CSc1nc2sc3c(c2c(=O)n1-c1ccc(C)cc1)CCCC3)c1cccnc1. The Hall–Kier alpha value is -3.30. The molecule has 178 valence electrons. The lowest BCUT2D eigenvalue weighted by atomic mass is 9.97. The van der Waals surface area contributed by atoms with Crippen LogP contribution in [-0.2, 0) is 17.6 Å². The van der Waals surface area contributed by atoms with Crippen LogP contribution in [0.3, 0.4) is 0 Å². The number of pyridine rings is 1. The normalized spacial score (nSPS) is 13.6. The van der Waals surface area contributed by atoms with Gasteiger partial charge < -0.3 is 0 Å². The zero-order chi connectivity index (χ0) is 24.4. The van der Waals surface area contributed by atoms with E-state index in [0.717, 1.165) is 58.3 Å². The summed E-state index contributed by atoms with van der Waals surface area (Å²) in [5.74, 6) is -0.188. The lowest BCUT2D eigenvalue weighted by molar-refractivity contribution is -0.118. The van der Waals surface area contributed by atoms with Crippen LogP contribution in [0.4, 0.5) is 0 Å². The highest BCUT2D eigenvalue weighted by atomic mass is 32.2. The van der Waals surface area contributed by atoms with E-state index in [1.807, 2.05) is 50.2 Å². The molecule has 0 saturated heterocycles. The molecule has 3 heterocycles. The molecule has 4 aromatic rings. The number of thiophene rings is 1. The van der Waals surface area contributed by atoms with Gasteiger partial charge in [-0.25, -0.2) is 10.4 Å². The molecule has 0 atom stereocenters. The molecule has 9 heteroatoms. The molecule has 35 heavy (non-hydrogen) atoms. The highest BCUT2D eigenvalue weighted by Crippen LogP contribution is 2.35. The Bertz CT molecular complexity index is 1470. The first-order valence-electron chi connectivity index (χ1n) is 11.5. The molecule has 1 amide bonds. The molecule has 0 aliphatic heterocycles. The Labute approximate surface area is 211 Å². The van der Waals surface area contributed by atoms with Gasteiger partial charge >= 0.3 is 0 Å². The van der Waals surface area contributed by atoms with Crippen molar-refractivity contribution in [2.45, 2.75) is 44.7 Å². The number of hydrogen-bond acceptors (Lipinski definition) is 7. The second-order valence-electron chi connectivity index (χ2n) is 8.52. The van der Waals surface area contributed by atoms with Crippen molar-refractivity contribution in [2.24, 2.45) is 5.10 Å². The summed E-state index contributed by atoms with van der Waals surface area (Å²) < 4.78 is 1.64. The second kappa shape index (κ2) is 10.1. The summed E-state index contributed by atoms with van der Waals surface area (Å²) in [6.07, 6.45) is 7.54. The maximum absolute atomic E-state index is 13.8. The van der Waals surface area contributed by atoms with Crippen molar-refractivity contribution < 1.29 is 4.79 Å². The van der Waals surface area contributed by atoms with Gasteiger partial charge in [0.15, 0.2) is 5.16 Å². The van der Waals surface area contributed by atoms with Gasteiger partial charge in [-0.3, -0.25) is 19.1 Å². The summed E-state index contributed by atoms with van der Waals surface area (Å²) in [6, 6.07) is 11.5. The van der Waals surface area contributed by atoms with Gasteiger partial charge in [0.05, 0.1) is 22.5 Å². The Balaban J connectivity index is 1.45. The first kappa shape index (κ1) is 23.4. The number of benzene rings is 1. The van der Waals surface area contributed by atoms with Crippen LogP contribution < -0.4 is 11.0 Å². The molecule has 1 aromatic carbocycles. The third-order valence-corrected chi connectivity index (χ3v) is 8.13. The topological polar surface area (TPSA) is 89.2 Å². The number of carbonyl (C=O) groups is 1. The van der Waals surface area contributed by atoms with Gasteiger partial charge in [0.25, 0.3) is 11.5 Å². The molecule has 3 aromatic heterocycles. The number of nitrogens with one attached hydrogen (secondary N) is 1. The van der Waals surface area contributed by atoms with Crippen molar-refractivity contribution >= 4 is 44.9 Å². The van der Waals surface area contributed by atoms with Crippen LogP contribution >= 0.6 is 23.1 Å². The fourth-order valence-corrected chi connectivity index (χ4v) is 6.26. The number of thioether (sulfide) groups is 1. The third-order valence-electron chi connectivity index (χ3n) is 6.01. The number of hydrogen-bond donors (Lipinski definition) is 1. The standard InChI is InChI=1S/C26H25N5O2S2/c1-16-9-11-19(12-10-16)31-25(33)23-20-7-3-4-8-21(20)35-24(23)28-26(31)34-15-22(32)30-29-17(2)18-6-5-13-27-14-18/h5-6,9-14H,3-4,7-8,15H2,1-2H3,(H,30,32)/b29-17+. The maximum atomic E-state index is 13.8. The molecular weight excluding hydrogens is 478 g/mol. The van der Waals surface area contributed by atoms with Crippen LogP contribution in [-0.4, -0.2) is 31.9 Å². The predicted octanol–water partition coefficient (Wildman–Crippen LogP) is 4.66. The summed E-state index contributed by atoms with van der Waals surface area (Å²) in [5, 5.41) is 5.42. The summed E-state index contributed by atoms with van der Waals surface area (Å²) >= 11 is 2.86. The summed E-state index contributed by atoms with van der Waals surface area (Å²) in [6.45, 7) is 3.82. The van der Waals surface area contributed by atoms with Crippen molar-refractivity contribution in [1.29, 1.82) is 0 Å². The van der Waals surface area contributed by atoms with Crippen molar-refractivity contribution in [3.8, 4) is 5.69 Å². The minimum absolute atomic E-state index is 0.0633. The van der Waals surface area contributed by atoms with E-state index in [-0.39, 0.29) is 17.2 Å². The van der Waals surface area contributed by atoms with E-state index in [1.165, 1.54) is 16.6 Å². The molecule has 1 aliphatic rings. The van der Waals surface area contributed by atoms with Gasteiger partial charge in [0.1, 0.15) is 4.83 Å². The maximum Gasteiger partial charge on any atom is 0.267 e. The molecule has 5 rings (SSSR count). The minimum atomic E-state index is -0.270. The molecule has 7 nitrogen and oxygen atoms in total. The van der Waals surface area contributed by atoms with E-state index < -0.39 is 0 Å². The fourth-order valence-electron chi connectivity index (χ4n) is 4.15. The average molecular weight is 504 g/mol. The number of aryl methyl sites for hydroxylation is 3. The van der Waals surface area contributed by atoms with Crippen molar-refractivity contribution in [3.05, 3.63) is 80.7 Å². The Morgan fingerprint density at radius 3 is 2.77 bits per heavy atom. The van der Waals surface area contributed by atoms with Crippen LogP contribution in [0.25, 0.3) is 15.9 Å². The van der Waals surface area contributed by atoms with E-state index in [9.17, 15) is 9.59 Å². The largest absolute Gasteiger partial charge is 0.272 e. The van der Waals surface area contributed by atoms with Crippen LogP contribution in [0.5, 0.6) is 0 Å². The predicted molar refractivity (Wildman–Crippen MR) is 142 cm³/mol. The van der Waals surface area contributed by atoms with Crippen LogP contribution in [0.15, 0.2) is 63.8 Å². The highest BCUT2D eigenvalue weighted by molar-refractivity contribution is 7.99. The molecule has 0 fully saturated rings. The molecule has 0 unspecified atom stereocenters. The van der Waals surface area contributed by atoms with E-state index in [2.05, 4.69) is 15.5 Å². The molecule has 0 bridgehead atoms. The second-order valence-corrected chi connectivity index (χ2v) is 10.6. The van der Waals surface area contributed by atoms with Gasteiger partial charge in [-0.1, -0.05) is 35.5 Å². The number of carbonyl (C=O) groups excluding carboxylic acids is 1. The Morgan fingerprint density at radius 2 is 2.00 bits per heavy atom. The van der Waals surface area contributed by atoms with Crippen molar-refractivity contribution in [1.82, 2.24) is 20.0 Å². The zero-order valence-corrected chi connectivity index (χ0v) is 21.2. The molecule has 1 aliphatic carbocycles. The van der Waals surface area contributed by atoms with Gasteiger partial charge in [-0.05, 0) is 63.3 Å². The molecular formula is C26H25N5O2S2. The van der Waals surface area contributed by atoms with Gasteiger partial charge in [0, 0.05) is 22.8 Å². The van der Waals surface area contributed by atoms with Crippen molar-refractivity contribution in [3.63, 3.8) is 0 Å². The van der Waals surface area contributed by atoms with Crippen LogP contribution in [0, 0.1) is 6.92 Å². The molecule has 1 N–H and O–H groups in total. The van der Waals surface area contributed by atoms with E-state index in [1.54, 1.807) is 28.3 Å². The number of nitrogens with zero attached hydrogens (tertiary/aromatic N) is 4. The van der Waals surface area contributed by atoms with Crippen LogP contribution in [0.2, 0.25) is 0 Å². The van der Waals surface area contributed by atoms with E-state index in [0.29, 0.717) is 10.9 Å². The number of aromatic nitrogens is 3. The first-order valence-corrected chi connectivity index (χ1v) is 13.3. The summed E-state index contributed by atoms with van der Waals surface area (Å²) in [4.78, 5) is 37.3. The number of amides is 1. The van der Waals surface area contributed by atoms with E-state index >= 15 is 0 Å². The van der Waals surface area contributed by atoms with Gasteiger partial charge in [0.2, 0.25) is 0 Å². The average Bonchev–Trinajstić information content (AvgIpc) is 3.26. The smallest absolute Gasteiger partial charge is 0.267 e. The number of fused-ring (bicyclic) bond motifs is 3. The third kappa shape index (κ3) is 4.92. The number of hydrazone groups is 1. The fraction of sp³-hybridized carbons (Fsp3) is 0.269. The molecule has 0 saturated carbocycles. The van der Waals surface area contributed by atoms with Crippen molar-refractivity contribution in [2.75, 3.05) is 5.75 Å². The summed E-state index contributed by atoms with van der Waals surface area (Å²) in [7, 11) is 0. The summed E-state index contributed by atoms with van der Waals surface area (Å²) in [5.41, 5.74) is 7.05. The lowest BCUT2D eigenvalue weighted by Crippen LogP contribution is -2.24. The lowest BCUT2D eigenvalue weighted by Gasteiger charge is -2.13. The molecule has 0 spiro atoms. The first-order chi connectivity index (χ1) is 17.0. The Morgan fingerprint density at radius 1 is 1.20 bits per heavy atom. The quantitative estimate of drug-likeness (QED) is 0.179. The minimum Gasteiger partial charge on any atom is -0.272 e.